The second-order valence-electron chi connectivity index (χ2n) is 4.95. The number of nitrogens with one attached hydrogen (secondary N) is 1. The van der Waals surface area contributed by atoms with Gasteiger partial charge in [-0.3, -0.25) is 0 Å². The summed E-state index contributed by atoms with van der Waals surface area (Å²) >= 11 is 1.81. The molecule has 1 rings (SSSR count). The quantitative estimate of drug-likeness (QED) is 0.684. The summed E-state index contributed by atoms with van der Waals surface area (Å²) in [7, 11) is 0. The Hall–Kier alpha value is -0.340. The number of unbranched alkanes of at least 4 members (excludes halogenated alkanes) is 1. The summed E-state index contributed by atoms with van der Waals surface area (Å²) in [5.74, 6) is 0.800. The lowest BCUT2D eigenvalue weighted by molar-refractivity contribution is 0.338. The van der Waals surface area contributed by atoms with Crippen molar-refractivity contribution in [2.24, 2.45) is 5.92 Å². The van der Waals surface area contributed by atoms with E-state index in [2.05, 4.69) is 42.9 Å². The lowest BCUT2D eigenvalue weighted by Gasteiger charge is -2.24. The smallest absolute Gasteiger partial charge is 0.00957 e. The fraction of sp³-hybridized carbons (Fsp3) is 0.733. The monoisotopic (exact) mass is 253 g/mol. The molecule has 0 spiro atoms. The summed E-state index contributed by atoms with van der Waals surface area (Å²) < 4.78 is 0. The minimum absolute atomic E-state index is 0.687. The zero-order chi connectivity index (χ0) is 12.5. The highest BCUT2D eigenvalue weighted by atomic mass is 32.1. The molecule has 0 saturated carbocycles. The van der Waals surface area contributed by atoms with E-state index in [0.29, 0.717) is 6.04 Å². The van der Waals surface area contributed by atoms with Crippen LogP contribution in [0.3, 0.4) is 0 Å². The van der Waals surface area contributed by atoms with E-state index >= 15 is 0 Å². The molecule has 1 heterocycles. The van der Waals surface area contributed by atoms with Gasteiger partial charge in [-0.15, -0.1) is 0 Å². The summed E-state index contributed by atoms with van der Waals surface area (Å²) in [6.45, 7) is 7.98. The Morgan fingerprint density at radius 3 is 2.71 bits per heavy atom. The summed E-state index contributed by atoms with van der Waals surface area (Å²) in [6, 6.07) is 2.94. The van der Waals surface area contributed by atoms with Crippen LogP contribution in [0.2, 0.25) is 0 Å². The molecule has 0 radical (unpaired) electrons. The largest absolute Gasteiger partial charge is 0.314 e. The average Bonchev–Trinajstić information content (AvgIpc) is 2.84. The van der Waals surface area contributed by atoms with E-state index in [4.69, 9.17) is 0 Å². The lowest BCUT2D eigenvalue weighted by atomic mass is 9.91. The number of rotatable bonds is 9. The molecule has 0 aliphatic heterocycles. The van der Waals surface area contributed by atoms with E-state index in [-0.39, 0.29) is 0 Å². The van der Waals surface area contributed by atoms with Crippen LogP contribution < -0.4 is 5.32 Å². The van der Waals surface area contributed by atoms with Crippen molar-refractivity contribution in [3.63, 3.8) is 0 Å². The van der Waals surface area contributed by atoms with Crippen LogP contribution >= 0.6 is 11.3 Å². The first-order valence-corrected chi connectivity index (χ1v) is 7.96. The molecule has 0 aliphatic rings. The predicted molar refractivity (Wildman–Crippen MR) is 78.8 cm³/mol. The molecule has 0 aliphatic carbocycles. The molecule has 0 fully saturated rings. The summed E-state index contributed by atoms with van der Waals surface area (Å²) in [6.07, 6.45) is 6.53. The molecule has 2 heteroatoms. The lowest BCUT2D eigenvalue weighted by Crippen LogP contribution is -2.35. The van der Waals surface area contributed by atoms with Crippen molar-refractivity contribution in [3.8, 4) is 0 Å². The van der Waals surface area contributed by atoms with Crippen molar-refractivity contribution in [3.05, 3.63) is 22.4 Å². The van der Waals surface area contributed by atoms with Gasteiger partial charge in [-0.25, -0.2) is 0 Å². The molecule has 1 aromatic heterocycles. The second kappa shape index (κ2) is 8.71. The average molecular weight is 253 g/mol. The van der Waals surface area contributed by atoms with Crippen molar-refractivity contribution in [2.45, 2.75) is 58.9 Å². The number of thiophene rings is 1. The Morgan fingerprint density at radius 2 is 2.12 bits per heavy atom. The first kappa shape index (κ1) is 14.7. The van der Waals surface area contributed by atoms with Crippen LogP contribution in [-0.4, -0.2) is 12.6 Å². The van der Waals surface area contributed by atoms with Crippen LogP contribution in [0, 0.1) is 5.92 Å². The Balaban J connectivity index is 2.36. The third-order valence-corrected chi connectivity index (χ3v) is 4.22. The highest BCUT2D eigenvalue weighted by Crippen LogP contribution is 2.18. The number of aryl methyl sites for hydroxylation is 1. The third-order valence-electron chi connectivity index (χ3n) is 3.49. The van der Waals surface area contributed by atoms with E-state index in [1.807, 2.05) is 0 Å². The molecule has 1 aromatic rings. The Labute approximate surface area is 111 Å². The maximum Gasteiger partial charge on any atom is 0.00957 e. The molecule has 1 nitrogen and oxygen atoms in total. The van der Waals surface area contributed by atoms with Gasteiger partial charge in [0.2, 0.25) is 0 Å². The normalized spacial score (nSPS) is 14.8. The van der Waals surface area contributed by atoms with E-state index in [0.717, 1.165) is 12.5 Å². The van der Waals surface area contributed by atoms with Crippen LogP contribution in [0.1, 0.15) is 52.0 Å². The van der Waals surface area contributed by atoms with Gasteiger partial charge in [-0.05, 0) is 54.1 Å². The molecular weight excluding hydrogens is 226 g/mol. The third kappa shape index (κ3) is 5.69. The molecule has 2 atom stereocenters. The van der Waals surface area contributed by atoms with Crippen molar-refractivity contribution >= 4 is 11.3 Å². The van der Waals surface area contributed by atoms with E-state index < -0.39 is 0 Å². The van der Waals surface area contributed by atoms with Gasteiger partial charge in [-0.2, -0.15) is 11.3 Å². The van der Waals surface area contributed by atoms with E-state index in [9.17, 15) is 0 Å². The van der Waals surface area contributed by atoms with Crippen LogP contribution in [-0.2, 0) is 6.42 Å². The van der Waals surface area contributed by atoms with E-state index in [1.54, 1.807) is 11.3 Å². The van der Waals surface area contributed by atoms with Gasteiger partial charge in [0.05, 0.1) is 0 Å². The Bertz CT molecular complexity index is 268. The second-order valence-corrected chi connectivity index (χ2v) is 5.73. The summed E-state index contributed by atoms with van der Waals surface area (Å²) in [4.78, 5) is 0. The Kier molecular flexibility index (Phi) is 7.54. The van der Waals surface area contributed by atoms with Gasteiger partial charge in [0, 0.05) is 6.04 Å². The SMILES string of the molecule is CCCCC(C)C(CCc1ccsc1)NCC. The summed E-state index contributed by atoms with van der Waals surface area (Å²) in [5, 5.41) is 8.11. The van der Waals surface area contributed by atoms with Crippen LogP contribution in [0.25, 0.3) is 0 Å². The van der Waals surface area contributed by atoms with Gasteiger partial charge in [0.25, 0.3) is 0 Å². The summed E-state index contributed by atoms with van der Waals surface area (Å²) in [5.41, 5.74) is 1.50. The molecule has 98 valence electrons. The van der Waals surface area contributed by atoms with Crippen LogP contribution in [0.5, 0.6) is 0 Å². The first-order valence-electron chi connectivity index (χ1n) is 7.02. The van der Waals surface area contributed by atoms with Gasteiger partial charge >= 0.3 is 0 Å². The minimum atomic E-state index is 0.687. The first-order chi connectivity index (χ1) is 8.27. The van der Waals surface area contributed by atoms with Gasteiger partial charge in [0.15, 0.2) is 0 Å². The molecule has 0 saturated heterocycles. The molecule has 1 N–H and O–H groups in total. The molecular formula is C15H27NS. The van der Waals surface area contributed by atoms with Gasteiger partial charge in [-0.1, -0.05) is 33.6 Å². The number of hydrogen-bond acceptors (Lipinski definition) is 2. The van der Waals surface area contributed by atoms with Crippen LogP contribution in [0.4, 0.5) is 0 Å². The van der Waals surface area contributed by atoms with Gasteiger partial charge in [0.1, 0.15) is 0 Å². The zero-order valence-electron chi connectivity index (χ0n) is 11.5. The maximum atomic E-state index is 3.66. The standard InChI is InChI=1S/C15H27NS/c1-4-6-7-13(3)15(16-5-2)9-8-14-10-11-17-12-14/h10-13,15-16H,4-9H2,1-3H3. The van der Waals surface area contributed by atoms with E-state index in [1.165, 1.54) is 37.7 Å². The van der Waals surface area contributed by atoms with Crippen molar-refractivity contribution < 1.29 is 0 Å². The predicted octanol–water partition coefficient (Wildman–Crippen LogP) is 4.49. The maximum absolute atomic E-state index is 3.66. The topological polar surface area (TPSA) is 12.0 Å². The highest BCUT2D eigenvalue weighted by molar-refractivity contribution is 7.07. The molecule has 0 aromatic carbocycles. The Morgan fingerprint density at radius 1 is 1.29 bits per heavy atom. The van der Waals surface area contributed by atoms with Crippen molar-refractivity contribution in [2.75, 3.05) is 6.54 Å². The highest BCUT2D eigenvalue weighted by Gasteiger charge is 2.15. The van der Waals surface area contributed by atoms with Gasteiger partial charge < -0.3 is 5.32 Å². The van der Waals surface area contributed by atoms with Crippen molar-refractivity contribution in [1.29, 1.82) is 0 Å². The molecule has 17 heavy (non-hydrogen) atoms. The molecule has 0 bridgehead atoms. The number of hydrogen-bond donors (Lipinski definition) is 1. The van der Waals surface area contributed by atoms with Crippen LogP contribution in [0.15, 0.2) is 16.8 Å². The van der Waals surface area contributed by atoms with Crippen molar-refractivity contribution in [1.82, 2.24) is 5.32 Å². The molecule has 0 amide bonds. The minimum Gasteiger partial charge on any atom is -0.314 e. The molecule has 2 unspecified atom stereocenters. The zero-order valence-corrected chi connectivity index (χ0v) is 12.4. The fourth-order valence-electron chi connectivity index (χ4n) is 2.33. The fourth-order valence-corrected chi connectivity index (χ4v) is 3.04.